The number of alkyl carbamates (subject to hydrolysis) is 1. The first-order valence-electron chi connectivity index (χ1n) is 7.68. The molecule has 0 aromatic rings. The van der Waals surface area contributed by atoms with Crippen LogP contribution in [0.4, 0.5) is 4.79 Å². The largest absolute Gasteiger partial charge is 0.467 e. The van der Waals surface area contributed by atoms with Gasteiger partial charge < -0.3 is 20.1 Å². The number of rotatable bonds is 6. The maximum atomic E-state index is 12.6. The predicted octanol–water partition coefficient (Wildman–Crippen LogP) is 1.95. The molecule has 0 saturated heterocycles. The standard InChI is InChI=1S/C16H30N2O5S/c1-15(2,3)11(18-14(21)23-16(4,5)6)12(19)17-10(9-24-8)13(20)22-7/h10-11H,9H2,1-8H3,(H,17,19)(H,18,21)/t10-,11+/m0/s1. The molecular formula is C16H30N2O5S. The van der Waals surface area contributed by atoms with Crippen LogP contribution in [0.3, 0.4) is 0 Å². The van der Waals surface area contributed by atoms with E-state index in [1.165, 1.54) is 18.9 Å². The monoisotopic (exact) mass is 362 g/mol. The average Bonchev–Trinajstić information content (AvgIpc) is 2.40. The van der Waals surface area contributed by atoms with Crippen molar-refractivity contribution in [3.8, 4) is 0 Å². The van der Waals surface area contributed by atoms with Crippen LogP contribution in [-0.4, -0.2) is 54.8 Å². The molecule has 0 rings (SSSR count). The van der Waals surface area contributed by atoms with Crippen LogP contribution < -0.4 is 10.6 Å². The quantitative estimate of drug-likeness (QED) is 0.702. The molecule has 0 aliphatic rings. The smallest absolute Gasteiger partial charge is 0.408 e. The highest BCUT2D eigenvalue weighted by atomic mass is 32.2. The highest BCUT2D eigenvalue weighted by Crippen LogP contribution is 2.20. The third-order valence-corrected chi connectivity index (χ3v) is 3.59. The molecule has 24 heavy (non-hydrogen) atoms. The molecule has 0 aromatic heterocycles. The minimum atomic E-state index is -0.860. The Bertz CT molecular complexity index is 454. The summed E-state index contributed by atoms with van der Waals surface area (Å²) in [5, 5.41) is 5.22. The molecule has 0 radical (unpaired) electrons. The van der Waals surface area contributed by atoms with Crippen molar-refractivity contribution in [2.45, 2.75) is 59.2 Å². The van der Waals surface area contributed by atoms with Crippen LogP contribution in [0.15, 0.2) is 0 Å². The van der Waals surface area contributed by atoms with Gasteiger partial charge in [0.2, 0.25) is 5.91 Å². The summed E-state index contributed by atoms with van der Waals surface area (Å²) in [6, 6.07) is -1.64. The van der Waals surface area contributed by atoms with Gasteiger partial charge in [0, 0.05) is 5.75 Å². The van der Waals surface area contributed by atoms with Gasteiger partial charge in [-0.25, -0.2) is 9.59 Å². The fraction of sp³-hybridized carbons (Fsp3) is 0.812. The molecule has 0 unspecified atom stereocenters. The van der Waals surface area contributed by atoms with Gasteiger partial charge in [-0.2, -0.15) is 11.8 Å². The lowest BCUT2D eigenvalue weighted by Gasteiger charge is -2.32. The fourth-order valence-electron chi connectivity index (χ4n) is 1.83. The molecule has 2 N–H and O–H groups in total. The average molecular weight is 362 g/mol. The minimum absolute atomic E-state index is 0.377. The van der Waals surface area contributed by atoms with E-state index in [1.54, 1.807) is 20.8 Å². The minimum Gasteiger partial charge on any atom is -0.467 e. The van der Waals surface area contributed by atoms with Gasteiger partial charge in [-0.1, -0.05) is 20.8 Å². The molecule has 0 fully saturated rings. The normalized spacial score (nSPS) is 14.3. The van der Waals surface area contributed by atoms with Crippen molar-refractivity contribution >= 4 is 29.7 Å². The van der Waals surface area contributed by atoms with E-state index in [9.17, 15) is 14.4 Å². The van der Waals surface area contributed by atoms with Gasteiger partial charge in [0.15, 0.2) is 0 Å². The number of hydrogen-bond donors (Lipinski definition) is 2. The number of carbonyl (C=O) groups is 3. The lowest BCUT2D eigenvalue weighted by atomic mass is 9.86. The molecular weight excluding hydrogens is 332 g/mol. The second kappa shape index (κ2) is 9.15. The molecule has 0 aromatic carbocycles. The van der Waals surface area contributed by atoms with Gasteiger partial charge >= 0.3 is 12.1 Å². The summed E-state index contributed by atoms with van der Waals surface area (Å²) in [5.74, 6) is -0.609. The topological polar surface area (TPSA) is 93.7 Å². The zero-order valence-corrected chi connectivity index (χ0v) is 16.6. The SMILES string of the molecule is COC(=O)[C@H](CSC)NC(=O)[C@@H](NC(=O)OC(C)(C)C)C(C)(C)C. The van der Waals surface area contributed by atoms with Crippen LogP contribution in [0.25, 0.3) is 0 Å². The zero-order valence-electron chi connectivity index (χ0n) is 15.8. The lowest BCUT2D eigenvalue weighted by molar-refractivity contribution is -0.144. The molecule has 8 heteroatoms. The molecule has 0 aliphatic heterocycles. The van der Waals surface area contributed by atoms with Crippen LogP contribution in [0.1, 0.15) is 41.5 Å². The summed E-state index contributed by atoms with van der Waals surface area (Å²) in [7, 11) is 1.27. The first-order valence-corrected chi connectivity index (χ1v) is 9.08. The van der Waals surface area contributed by atoms with Crippen molar-refractivity contribution in [1.29, 1.82) is 0 Å². The third-order valence-electron chi connectivity index (χ3n) is 2.92. The summed E-state index contributed by atoms with van der Waals surface area (Å²) < 4.78 is 9.91. The molecule has 2 atom stereocenters. The summed E-state index contributed by atoms with van der Waals surface area (Å²) in [6.07, 6.45) is 1.14. The Morgan fingerprint density at radius 1 is 1.04 bits per heavy atom. The summed E-state index contributed by atoms with van der Waals surface area (Å²) in [4.78, 5) is 36.4. The zero-order chi connectivity index (χ0) is 19.1. The van der Waals surface area contributed by atoms with Crippen molar-refractivity contribution in [2.75, 3.05) is 19.1 Å². The van der Waals surface area contributed by atoms with Gasteiger partial charge in [-0.15, -0.1) is 0 Å². The first-order chi connectivity index (χ1) is 10.8. The van der Waals surface area contributed by atoms with E-state index in [4.69, 9.17) is 9.47 Å². The Kier molecular flexibility index (Phi) is 8.60. The number of carbonyl (C=O) groups excluding carboxylic acids is 3. The van der Waals surface area contributed by atoms with E-state index in [0.29, 0.717) is 5.75 Å². The molecule has 7 nitrogen and oxygen atoms in total. The van der Waals surface area contributed by atoms with Crippen LogP contribution in [0, 0.1) is 5.41 Å². The van der Waals surface area contributed by atoms with Gasteiger partial charge in [-0.05, 0) is 32.4 Å². The Morgan fingerprint density at radius 2 is 1.58 bits per heavy atom. The van der Waals surface area contributed by atoms with Crippen LogP contribution in [-0.2, 0) is 19.1 Å². The van der Waals surface area contributed by atoms with E-state index in [-0.39, 0.29) is 0 Å². The van der Waals surface area contributed by atoms with Gasteiger partial charge in [0.1, 0.15) is 17.7 Å². The van der Waals surface area contributed by atoms with Crippen LogP contribution in [0.5, 0.6) is 0 Å². The summed E-state index contributed by atoms with van der Waals surface area (Å²) in [6.45, 7) is 10.7. The van der Waals surface area contributed by atoms with Crippen molar-refractivity contribution in [3.63, 3.8) is 0 Å². The second-order valence-corrected chi connectivity index (χ2v) is 8.40. The van der Waals surface area contributed by atoms with E-state index < -0.39 is 41.1 Å². The molecule has 0 spiro atoms. The van der Waals surface area contributed by atoms with Crippen molar-refractivity contribution in [3.05, 3.63) is 0 Å². The number of methoxy groups -OCH3 is 1. The Labute approximate surface area is 148 Å². The number of thioether (sulfide) groups is 1. The van der Waals surface area contributed by atoms with E-state index >= 15 is 0 Å². The van der Waals surface area contributed by atoms with Gasteiger partial charge in [-0.3, -0.25) is 4.79 Å². The summed E-state index contributed by atoms with van der Waals surface area (Å²) in [5.41, 5.74) is -1.24. The van der Waals surface area contributed by atoms with Crippen molar-refractivity contribution in [2.24, 2.45) is 5.41 Å². The number of hydrogen-bond acceptors (Lipinski definition) is 6. The predicted molar refractivity (Wildman–Crippen MR) is 94.9 cm³/mol. The molecule has 0 saturated carbocycles. The molecule has 0 aliphatic carbocycles. The fourth-order valence-corrected chi connectivity index (χ4v) is 2.39. The molecule has 140 valence electrons. The van der Waals surface area contributed by atoms with E-state index in [2.05, 4.69) is 10.6 Å². The van der Waals surface area contributed by atoms with E-state index in [0.717, 1.165) is 0 Å². The Hall–Kier alpha value is -1.44. The lowest BCUT2D eigenvalue weighted by Crippen LogP contribution is -2.57. The maximum Gasteiger partial charge on any atom is 0.408 e. The third kappa shape index (κ3) is 8.42. The number of nitrogens with one attached hydrogen (secondary N) is 2. The van der Waals surface area contributed by atoms with Crippen molar-refractivity contribution < 1.29 is 23.9 Å². The number of esters is 1. The van der Waals surface area contributed by atoms with Crippen LogP contribution >= 0.6 is 11.8 Å². The van der Waals surface area contributed by atoms with E-state index in [1.807, 2.05) is 27.0 Å². The number of amides is 2. The Morgan fingerprint density at radius 3 is 1.96 bits per heavy atom. The highest BCUT2D eigenvalue weighted by Gasteiger charge is 2.36. The van der Waals surface area contributed by atoms with Crippen molar-refractivity contribution in [1.82, 2.24) is 10.6 Å². The highest BCUT2D eigenvalue weighted by molar-refractivity contribution is 7.98. The molecule has 0 bridgehead atoms. The Balaban J connectivity index is 5.14. The molecule has 2 amide bonds. The van der Waals surface area contributed by atoms with Gasteiger partial charge in [0.25, 0.3) is 0 Å². The number of ether oxygens (including phenoxy) is 2. The van der Waals surface area contributed by atoms with Gasteiger partial charge in [0.05, 0.1) is 7.11 Å². The molecule has 0 heterocycles. The first kappa shape index (κ1) is 22.6. The summed E-state index contributed by atoms with van der Waals surface area (Å²) >= 11 is 1.41. The van der Waals surface area contributed by atoms with Crippen LogP contribution in [0.2, 0.25) is 0 Å². The second-order valence-electron chi connectivity index (χ2n) is 7.48. The maximum absolute atomic E-state index is 12.6.